The van der Waals surface area contributed by atoms with Crippen LogP contribution in [-0.2, 0) is 18.3 Å². The molecule has 1 aromatic carbocycles. The minimum atomic E-state index is -0.000886. The highest BCUT2D eigenvalue weighted by molar-refractivity contribution is 5.80. The fourth-order valence-corrected chi connectivity index (χ4v) is 3.48. The van der Waals surface area contributed by atoms with Gasteiger partial charge in [0.1, 0.15) is 6.10 Å². The third-order valence-corrected chi connectivity index (χ3v) is 4.94. The summed E-state index contributed by atoms with van der Waals surface area (Å²) in [5.41, 5.74) is 2.22. The second kappa shape index (κ2) is 8.52. The number of nitrogens with zero attached hydrogens (tertiary/aromatic N) is 4. The molecular weight excluding hydrogens is 358 g/mol. The topological polar surface area (TPSA) is 73.1 Å². The van der Waals surface area contributed by atoms with E-state index in [9.17, 15) is 0 Å². The van der Waals surface area contributed by atoms with E-state index in [1.807, 2.05) is 38.6 Å². The number of nitrogens with one attached hydrogen (secondary N) is 1. The molecule has 2 aliphatic rings. The summed E-state index contributed by atoms with van der Waals surface area (Å²) in [7, 11) is 3.73. The van der Waals surface area contributed by atoms with E-state index in [1.165, 1.54) is 0 Å². The summed E-state index contributed by atoms with van der Waals surface area (Å²) < 4.78 is 19.2. The number of morpholine rings is 1. The lowest BCUT2D eigenvalue weighted by molar-refractivity contribution is -0.00805. The Kier molecular flexibility index (Phi) is 5.66. The maximum atomic E-state index is 5.93. The predicted molar refractivity (Wildman–Crippen MR) is 106 cm³/mol. The van der Waals surface area contributed by atoms with Gasteiger partial charge in [-0.25, -0.2) is 0 Å². The van der Waals surface area contributed by atoms with Crippen molar-refractivity contribution in [3.05, 3.63) is 41.7 Å². The van der Waals surface area contributed by atoms with Crippen LogP contribution in [0.15, 0.2) is 35.6 Å². The molecule has 1 fully saturated rings. The fraction of sp³-hybridized carbons (Fsp3) is 0.500. The molecule has 0 aliphatic carbocycles. The molecule has 1 aromatic heterocycles. The van der Waals surface area contributed by atoms with Gasteiger partial charge in [0.05, 0.1) is 32.6 Å². The molecule has 150 valence electrons. The monoisotopic (exact) mass is 385 g/mol. The van der Waals surface area contributed by atoms with Crippen LogP contribution in [0.5, 0.6) is 11.5 Å². The number of aryl methyl sites for hydroxylation is 1. The van der Waals surface area contributed by atoms with Crippen LogP contribution in [0.4, 0.5) is 0 Å². The molecule has 0 radical (unpaired) electrons. The first-order valence-corrected chi connectivity index (χ1v) is 9.67. The minimum Gasteiger partial charge on any atom is -0.490 e. The van der Waals surface area contributed by atoms with Gasteiger partial charge in [0.2, 0.25) is 0 Å². The summed E-state index contributed by atoms with van der Waals surface area (Å²) in [5.74, 6) is 2.50. The Morgan fingerprint density at radius 3 is 2.89 bits per heavy atom. The van der Waals surface area contributed by atoms with Crippen molar-refractivity contribution in [2.45, 2.75) is 19.1 Å². The first kappa shape index (κ1) is 18.6. The van der Waals surface area contributed by atoms with E-state index in [0.717, 1.165) is 48.1 Å². The van der Waals surface area contributed by atoms with E-state index in [1.54, 1.807) is 4.68 Å². The predicted octanol–water partition coefficient (Wildman–Crippen LogP) is 1.73. The zero-order valence-electron chi connectivity index (χ0n) is 16.4. The second-order valence-electron chi connectivity index (χ2n) is 6.99. The highest BCUT2D eigenvalue weighted by Gasteiger charge is 2.25. The van der Waals surface area contributed by atoms with Crippen LogP contribution in [0.3, 0.4) is 0 Å². The zero-order chi connectivity index (χ0) is 19.3. The zero-order valence-corrected chi connectivity index (χ0v) is 16.4. The lowest BCUT2D eigenvalue weighted by atomic mass is 10.1. The average molecular weight is 385 g/mol. The van der Waals surface area contributed by atoms with Crippen LogP contribution in [0.1, 0.15) is 23.7 Å². The first-order chi connectivity index (χ1) is 13.7. The summed E-state index contributed by atoms with van der Waals surface area (Å²) in [4.78, 5) is 6.69. The van der Waals surface area contributed by atoms with Gasteiger partial charge in [-0.15, -0.1) is 0 Å². The Hall–Kier alpha value is -2.74. The SMILES string of the molecule is CN=C(NCc1ccc2c(c1)OCCCO2)N1CCOC(c2cnn(C)c2)C1. The highest BCUT2D eigenvalue weighted by atomic mass is 16.5. The standard InChI is InChI=1S/C20H27N5O3/c1-21-20(25-6-9-28-19(14-25)16-12-23-24(2)13-16)22-11-15-4-5-17-18(10-15)27-8-3-7-26-17/h4-5,10,12-13,19H,3,6-9,11,14H2,1-2H3,(H,21,22). The van der Waals surface area contributed by atoms with Crippen LogP contribution in [0, 0.1) is 0 Å². The lowest BCUT2D eigenvalue weighted by Crippen LogP contribution is -2.47. The fourth-order valence-electron chi connectivity index (χ4n) is 3.48. The maximum Gasteiger partial charge on any atom is 0.194 e. The van der Waals surface area contributed by atoms with Gasteiger partial charge in [0.25, 0.3) is 0 Å². The van der Waals surface area contributed by atoms with Crippen molar-refractivity contribution < 1.29 is 14.2 Å². The van der Waals surface area contributed by atoms with E-state index in [4.69, 9.17) is 14.2 Å². The number of aromatic nitrogens is 2. The summed E-state index contributed by atoms with van der Waals surface area (Å²) >= 11 is 0. The van der Waals surface area contributed by atoms with Crippen molar-refractivity contribution in [1.82, 2.24) is 20.0 Å². The van der Waals surface area contributed by atoms with Crippen molar-refractivity contribution in [3.8, 4) is 11.5 Å². The van der Waals surface area contributed by atoms with Crippen molar-refractivity contribution in [3.63, 3.8) is 0 Å². The van der Waals surface area contributed by atoms with Crippen LogP contribution in [-0.4, -0.2) is 60.6 Å². The van der Waals surface area contributed by atoms with Crippen LogP contribution in [0.2, 0.25) is 0 Å². The highest BCUT2D eigenvalue weighted by Crippen LogP contribution is 2.30. The normalized spacial score (nSPS) is 20.0. The Bertz CT molecular complexity index is 835. The van der Waals surface area contributed by atoms with Gasteiger partial charge in [-0.1, -0.05) is 6.07 Å². The molecular formula is C20H27N5O3. The van der Waals surface area contributed by atoms with Crippen LogP contribution < -0.4 is 14.8 Å². The quantitative estimate of drug-likeness (QED) is 0.641. The van der Waals surface area contributed by atoms with Crippen LogP contribution in [0.25, 0.3) is 0 Å². The molecule has 0 amide bonds. The molecule has 0 saturated carbocycles. The Morgan fingerprint density at radius 1 is 1.25 bits per heavy atom. The van der Waals surface area contributed by atoms with E-state index in [-0.39, 0.29) is 6.10 Å². The van der Waals surface area contributed by atoms with Crippen molar-refractivity contribution in [2.75, 3.05) is 40.0 Å². The molecule has 1 unspecified atom stereocenters. The molecule has 8 heteroatoms. The molecule has 1 N–H and O–H groups in total. The summed E-state index contributed by atoms with van der Waals surface area (Å²) in [6.45, 7) is 4.26. The number of guanidine groups is 1. The van der Waals surface area contributed by atoms with Crippen molar-refractivity contribution >= 4 is 5.96 Å². The Balaban J connectivity index is 1.39. The molecule has 28 heavy (non-hydrogen) atoms. The molecule has 1 saturated heterocycles. The average Bonchev–Trinajstić information content (AvgIpc) is 3.02. The molecule has 8 nitrogen and oxygen atoms in total. The van der Waals surface area contributed by atoms with Gasteiger partial charge in [-0.3, -0.25) is 9.67 Å². The van der Waals surface area contributed by atoms with Gasteiger partial charge in [-0.05, 0) is 17.7 Å². The van der Waals surface area contributed by atoms with Crippen molar-refractivity contribution in [2.24, 2.45) is 12.0 Å². The second-order valence-corrected chi connectivity index (χ2v) is 6.99. The van der Waals surface area contributed by atoms with Crippen LogP contribution >= 0.6 is 0 Å². The molecule has 4 rings (SSSR count). The number of hydrogen-bond acceptors (Lipinski definition) is 5. The van der Waals surface area contributed by atoms with E-state index < -0.39 is 0 Å². The molecule has 0 spiro atoms. The molecule has 3 heterocycles. The lowest BCUT2D eigenvalue weighted by Gasteiger charge is -2.34. The maximum absolute atomic E-state index is 5.93. The number of benzene rings is 1. The molecule has 0 bridgehead atoms. The minimum absolute atomic E-state index is 0.000886. The first-order valence-electron chi connectivity index (χ1n) is 9.67. The number of rotatable bonds is 3. The van der Waals surface area contributed by atoms with Gasteiger partial charge >= 0.3 is 0 Å². The Morgan fingerprint density at radius 2 is 2.11 bits per heavy atom. The molecule has 2 aliphatic heterocycles. The third-order valence-electron chi connectivity index (χ3n) is 4.94. The smallest absolute Gasteiger partial charge is 0.194 e. The van der Waals surface area contributed by atoms with Gasteiger partial charge in [0.15, 0.2) is 17.5 Å². The molecule has 2 aromatic rings. The summed E-state index contributed by atoms with van der Waals surface area (Å²) in [6, 6.07) is 6.08. The number of hydrogen-bond donors (Lipinski definition) is 1. The van der Waals surface area contributed by atoms with E-state index in [0.29, 0.717) is 26.4 Å². The summed E-state index contributed by atoms with van der Waals surface area (Å²) in [6.07, 6.45) is 4.77. The van der Waals surface area contributed by atoms with E-state index >= 15 is 0 Å². The van der Waals surface area contributed by atoms with Crippen molar-refractivity contribution in [1.29, 1.82) is 0 Å². The summed E-state index contributed by atoms with van der Waals surface area (Å²) in [5, 5.41) is 7.71. The largest absolute Gasteiger partial charge is 0.490 e. The number of ether oxygens (including phenoxy) is 3. The number of fused-ring (bicyclic) bond motifs is 1. The number of aliphatic imine (C=N–C) groups is 1. The van der Waals surface area contributed by atoms with Gasteiger partial charge in [0, 0.05) is 45.4 Å². The van der Waals surface area contributed by atoms with Gasteiger partial charge in [-0.2, -0.15) is 5.10 Å². The molecule has 1 atom stereocenters. The van der Waals surface area contributed by atoms with E-state index in [2.05, 4.69) is 26.4 Å². The third kappa shape index (κ3) is 4.22. The Labute approximate surface area is 165 Å². The van der Waals surface area contributed by atoms with Gasteiger partial charge < -0.3 is 24.4 Å².